The molecule has 0 atom stereocenters. The maximum atomic E-state index is 6.25. The summed E-state index contributed by atoms with van der Waals surface area (Å²) in [6, 6.07) is 0. The SMILES string of the molecule is CCc1nn(C)c(Cn2cnc(C(N)=S)n2)c1Cl. The molecular formula is C10H13ClN6S. The lowest BCUT2D eigenvalue weighted by molar-refractivity contribution is 0.616. The summed E-state index contributed by atoms with van der Waals surface area (Å²) in [5.41, 5.74) is 7.22. The van der Waals surface area contributed by atoms with Crippen LogP contribution >= 0.6 is 23.8 Å². The van der Waals surface area contributed by atoms with Crippen molar-refractivity contribution >= 4 is 28.8 Å². The summed E-state index contributed by atoms with van der Waals surface area (Å²) in [5, 5.41) is 9.17. The van der Waals surface area contributed by atoms with Crippen LogP contribution in [0.4, 0.5) is 0 Å². The lowest BCUT2D eigenvalue weighted by atomic mass is 10.3. The van der Waals surface area contributed by atoms with Crippen LogP contribution in [0.1, 0.15) is 24.1 Å². The highest BCUT2D eigenvalue weighted by Crippen LogP contribution is 2.21. The second-order valence-electron chi connectivity index (χ2n) is 3.81. The average Bonchev–Trinajstić information content (AvgIpc) is 2.89. The second kappa shape index (κ2) is 5.03. The van der Waals surface area contributed by atoms with E-state index >= 15 is 0 Å². The third-order valence-electron chi connectivity index (χ3n) is 2.57. The molecule has 6 nitrogen and oxygen atoms in total. The van der Waals surface area contributed by atoms with E-state index in [-0.39, 0.29) is 4.99 Å². The molecule has 0 aliphatic heterocycles. The van der Waals surface area contributed by atoms with Gasteiger partial charge in [0.1, 0.15) is 11.3 Å². The molecule has 2 N–H and O–H groups in total. The molecule has 0 aromatic carbocycles. The zero-order chi connectivity index (χ0) is 13.3. The van der Waals surface area contributed by atoms with Crippen molar-refractivity contribution in [3.63, 3.8) is 0 Å². The predicted octanol–water partition coefficient (Wildman–Crippen LogP) is 0.910. The van der Waals surface area contributed by atoms with Crippen LogP contribution in [0, 0.1) is 0 Å². The molecule has 0 fully saturated rings. The Morgan fingerprint density at radius 1 is 1.50 bits per heavy atom. The Hall–Kier alpha value is -1.47. The van der Waals surface area contributed by atoms with Gasteiger partial charge in [0.05, 0.1) is 23.0 Å². The van der Waals surface area contributed by atoms with Gasteiger partial charge in [-0.25, -0.2) is 9.67 Å². The largest absolute Gasteiger partial charge is 0.387 e. The maximum Gasteiger partial charge on any atom is 0.208 e. The van der Waals surface area contributed by atoms with Gasteiger partial charge < -0.3 is 5.73 Å². The maximum absolute atomic E-state index is 6.25. The first-order valence-electron chi connectivity index (χ1n) is 5.42. The summed E-state index contributed by atoms with van der Waals surface area (Å²) in [6.07, 6.45) is 2.37. The van der Waals surface area contributed by atoms with Gasteiger partial charge in [-0.2, -0.15) is 5.10 Å². The summed E-state index contributed by atoms with van der Waals surface area (Å²) < 4.78 is 3.39. The van der Waals surface area contributed by atoms with Crippen LogP contribution in [-0.4, -0.2) is 29.5 Å². The van der Waals surface area contributed by atoms with Crippen molar-refractivity contribution in [2.24, 2.45) is 12.8 Å². The van der Waals surface area contributed by atoms with E-state index in [9.17, 15) is 0 Å². The van der Waals surface area contributed by atoms with Gasteiger partial charge in [-0.1, -0.05) is 30.7 Å². The smallest absolute Gasteiger partial charge is 0.208 e. The molecule has 0 amide bonds. The minimum atomic E-state index is 0.180. The molecule has 2 aromatic heterocycles. The fourth-order valence-electron chi connectivity index (χ4n) is 1.63. The molecule has 0 saturated carbocycles. The lowest BCUT2D eigenvalue weighted by Gasteiger charge is -2.02. The highest BCUT2D eigenvalue weighted by atomic mass is 35.5. The fourth-order valence-corrected chi connectivity index (χ4v) is 2.08. The standard InChI is InChI=1S/C10H13ClN6S/c1-3-6-8(11)7(16(2)14-6)4-17-5-13-10(15-17)9(12)18/h5H,3-4H2,1-2H3,(H2,12,18). The minimum Gasteiger partial charge on any atom is -0.387 e. The molecule has 0 saturated heterocycles. The van der Waals surface area contributed by atoms with Crippen molar-refractivity contribution in [3.8, 4) is 0 Å². The monoisotopic (exact) mass is 284 g/mol. The van der Waals surface area contributed by atoms with Crippen molar-refractivity contribution in [1.82, 2.24) is 24.5 Å². The van der Waals surface area contributed by atoms with Crippen molar-refractivity contribution < 1.29 is 0 Å². The van der Waals surface area contributed by atoms with E-state index in [0.29, 0.717) is 17.4 Å². The van der Waals surface area contributed by atoms with Gasteiger partial charge in [0, 0.05) is 7.05 Å². The van der Waals surface area contributed by atoms with Crippen LogP contribution in [-0.2, 0) is 20.0 Å². The van der Waals surface area contributed by atoms with Crippen LogP contribution < -0.4 is 5.73 Å². The van der Waals surface area contributed by atoms with Gasteiger partial charge in [0.25, 0.3) is 0 Å². The van der Waals surface area contributed by atoms with Gasteiger partial charge in [0.2, 0.25) is 5.82 Å². The Balaban J connectivity index is 2.28. The fraction of sp³-hybridized carbons (Fsp3) is 0.400. The molecule has 96 valence electrons. The number of hydrogen-bond donors (Lipinski definition) is 1. The van der Waals surface area contributed by atoms with Crippen molar-refractivity contribution in [2.45, 2.75) is 19.9 Å². The molecule has 0 aliphatic carbocycles. The van der Waals surface area contributed by atoms with Crippen LogP contribution in [0.2, 0.25) is 5.02 Å². The number of aromatic nitrogens is 5. The van der Waals surface area contributed by atoms with Crippen LogP contribution in [0.15, 0.2) is 6.33 Å². The summed E-state index contributed by atoms with van der Waals surface area (Å²) in [6.45, 7) is 2.50. The number of nitrogens with zero attached hydrogens (tertiary/aromatic N) is 5. The number of aryl methyl sites for hydroxylation is 2. The number of rotatable bonds is 4. The molecule has 2 heterocycles. The molecular weight excluding hydrogens is 272 g/mol. The van der Waals surface area contributed by atoms with Gasteiger partial charge in [-0.3, -0.25) is 4.68 Å². The third kappa shape index (κ3) is 2.37. The Morgan fingerprint density at radius 3 is 2.72 bits per heavy atom. The van der Waals surface area contributed by atoms with Crippen LogP contribution in [0.3, 0.4) is 0 Å². The quantitative estimate of drug-likeness (QED) is 0.845. The first-order chi connectivity index (χ1) is 8.52. The number of nitrogens with two attached hydrogens (primary N) is 1. The topological polar surface area (TPSA) is 74.5 Å². The molecule has 0 bridgehead atoms. The van der Waals surface area contributed by atoms with E-state index in [2.05, 4.69) is 15.2 Å². The normalized spacial score (nSPS) is 10.8. The van der Waals surface area contributed by atoms with Crippen molar-refractivity contribution in [3.05, 3.63) is 28.6 Å². The summed E-state index contributed by atoms with van der Waals surface area (Å²) >= 11 is 11.1. The molecule has 8 heteroatoms. The van der Waals surface area contributed by atoms with Gasteiger partial charge in [-0.15, -0.1) is 5.10 Å². The molecule has 0 radical (unpaired) electrons. The predicted molar refractivity (Wildman–Crippen MR) is 72.6 cm³/mol. The zero-order valence-electron chi connectivity index (χ0n) is 10.1. The van der Waals surface area contributed by atoms with E-state index in [1.807, 2.05) is 14.0 Å². The van der Waals surface area contributed by atoms with E-state index < -0.39 is 0 Å². The Kier molecular flexibility index (Phi) is 3.63. The molecule has 18 heavy (non-hydrogen) atoms. The van der Waals surface area contributed by atoms with Gasteiger partial charge >= 0.3 is 0 Å². The first kappa shape index (κ1) is 13.0. The molecule has 0 aliphatic rings. The lowest BCUT2D eigenvalue weighted by Crippen LogP contribution is -2.13. The number of thiocarbonyl (C=S) groups is 1. The highest BCUT2D eigenvalue weighted by Gasteiger charge is 2.14. The summed E-state index contributed by atoms with van der Waals surface area (Å²) in [5.74, 6) is 0.360. The Morgan fingerprint density at radius 2 is 2.22 bits per heavy atom. The summed E-state index contributed by atoms with van der Waals surface area (Å²) in [4.78, 5) is 4.19. The molecule has 0 unspecified atom stereocenters. The van der Waals surface area contributed by atoms with Gasteiger partial charge in [-0.05, 0) is 6.42 Å². The van der Waals surface area contributed by atoms with E-state index in [1.54, 1.807) is 15.7 Å². The zero-order valence-corrected chi connectivity index (χ0v) is 11.7. The highest BCUT2D eigenvalue weighted by molar-refractivity contribution is 7.80. The van der Waals surface area contributed by atoms with E-state index in [1.165, 1.54) is 0 Å². The van der Waals surface area contributed by atoms with Crippen LogP contribution in [0.25, 0.3) is 0 Å². The first-order valence-corrected chi connectivity index (χ1v) is 6.21. The molecule has 2 aromatic rings. The third-order valence-corrected chi connectivity index (χ3v) is 3.19. The van der Waals surface area contributed by atoms with Gasteiger partial charge in [0.15, 0.2) is 0 Å². The van der Waals surface area contributed by atoms with Crippen molar-refractivity contribution in [2.75, 3.05) is 0 Å². The molecule has 2 rings (SSSR count). The van der Waals surface area contributed by atoms with Crippen LogP contribution in [0.5, 0.6) is 0 Å². The average molecular weight is 285 g/mol. The Bertz CT molecular complexity index is 587. The Labute approximate surface area is 115 Å². The summed E-state index contributed by atoms with van der Waals surface area (Å²) in [7, 11) is 1.85. The molecule has 0 spiro atoms. The van der Waals surface area contributed by atoms with Crippen molar-refractivity contribution in [1.29, 1.82) is 0 Å². The number of halogens is 1. The van der Waals surface area contributed by atoms with E-state index in [4.69, 9.17) is 29.6 Å². The minimum absolute atomic E-state index is 0.180. The number of hydrogen-bond acceptors (Lipinski definition) is 4. The second-order valence-corrected chi connectivity index (χ2v) is 4.63. The van der Waals surface area contributed by atoms with E-state index in [0.717, 1.165) is 17.8 Å².